The van der Waals surface area contributed by atoms with Gasteiger partial charge in [-0.2, -0.15) is 0 Å². The second kappa shape index (κ2) is 6.40. The van der Waals surface area contributed by atoms with Crippen molar-refractivity contribution in [3.8, 4) is 5.75 Å². The number of aromatic carboxylic acids is 1. The van der Waals surface area contributed by atoms with Crippen LogP contribution in [0.25, 0.3) is 0 Å². The standard InChI is InChI=1S/C20H26BClO5/c1-19(2)12-9-14(19)20(3)15(10-12)26-21(27-20)16(22)8-11-6-5-7-13(18(23)24)17(11)25-4/h5-7,12,14-16H,8-10H2,1-4H3,(H,23,24)/t12-,14-,15?,16+,20-/m0/s1. The van der Waals surface area contributed by atoms with E-state index in [0.29, 0.717) is 24.0 Å². The van der Waals surface area contributed by atoms with Crippen LogP contribution in [-0.4, -0.2) is 42.3 Å². The van der Waals surface area contributed by atoms with Gasteiger partial charge in [-0.25, -0.2) is 4.79 Å². The minimum absolute atomic E-state index is 0.0766. The fourth-order valence-corrected chi connectivity index (χ4v) is 5.79. The number of alkyl halides is 1. The molecule has 4 aliphatic rings. The van der Waals surface area contributed by atoms with Crippen molar-refractivity contribution in [2.24, 2.45) is 17.3 Å². The minimum atomic E-state index is -1.02. The molecule has 0 spiro atoms. The van der Waals surface area contributed by atoms with Gasteiger partial charge < -0.3 is 19.2 Å². The van der Waals surface area contributed by atoms with Gasteiger partial charge in [-0.1, -0.05) is 26.0 Å². The van der Waals surface area contributed by atoms with Crippen molar-refractivity contribution in [3.05, 3.63) is 29.3 Å². The number of carboxylic acids is 1. The van der Waals surface area contributed by atoms with Crippen LogP contribution in [0.4, 0.5) is 0 Å². The van der Waals surface area contributed by atoms with E-state index in [2.05, 4.69) is 20.8 Å². The summed E-state index contributed by atoms with van der Waals surface area (Å²) < 4.78 is 18.0. The normalized spacial score (nSPS) is 34.6. The predicted molar refractivity (Wildman–Crippen MR) is 103 cm³/mol. The summed E-state index contributed by atoms with van der Waals surface area (Å²) >= 11 is 6.69. The van der Waals surface area contributed by atoms with Crippen molar-refractivity contribution in [1.82, 2.24) is 0 Å². The molecule has 0 amide bonds. The van der Waals surface area contributed by atoms with E-state index >= 15 is 0 Å². The summed E-state index contributed by atoms with van der Waals surface area (Å²) in [4.78, 5) is 11.4. The number of benzene rings is 1. The number of ether oxygens (including phenoxy) is 1. The van der Waals surface area contributed by atoms with Crippen LogP contribution in [-0.2, 0) is 15.7 Å². The number of hydrogen-bond acceptors (Lipinski definition) is 4. The van der Waals surface area contributed by atoms with Gasteiger partial charge >= 0.3 is 13.1 Å². The number of rotatable bonds is 5. The topological polar surface area (TPSA) is 65.0 Å². The lowest BCUT2D eigenvalue weighted by Crippen LogP contribution is -2.65. The van der Waals surface area contributed by atoms with Crippen LogP contribution in [0.1, 0.15) is 49.5 Å². The Morgan fingerprint density at radius 2 is 2.15 bits per heavy atom. The maximum Gasteiger partial charge on any atom is 0.477 e. The van der Waals surface area contributed by atoms with E-state index < -0.39 is 18.4 Å². The van der Waals surface area contributed by atoms with Crippen LogP contribution in [0.2, 0.25) is 0 Å². The van der Waals surface area contributed by atoms with E-state index in [-0.39, 0.29) is 22.7 Å². The molecule has 1 aromatic rings. The van der Waals surface area contributed by atoms with Crippen molar-refractivity contribution in [2.75, 3.05) is 7.11 Å². The number of carboxylic acid groups (broad SMARTS) is 1. The van der Waals surface area contributed by atoms with Crippen LogP contribution in [0.15, 0.2) is 18.2 Å². The summed E-state index contributed by atoms with van der Waals surface area (Å²) in [6.07, 6.45) is 2.69. The molecule has 2 bridgehead atoms. The molecule has 1 aliphatic heterocycles. The molecule has 7 heteroatoms. The molecular formula is C20H26BClO5. The summed E-state index contributed by atoms with van der Waals surface area (Å²) in [7, 11) is 0.970. The highest BCUT2D eigenvalue weighted by molar-refractivity contribution is 6.60. The second-order valence-corrected chi connectivity index (χ2v) is 9.42. The zero-order chi connectivity index (χ0) is 19.6. The Kier molecular flexibility index (Phi) is 4.52. The van der Waals surface area contributed by atoms with E-state index in [1.54, 1.807) is 6.07 Å². The minimum Gasteiger partial charge on any atom is -0.496 e. The van der Waals surface area contributed by atoms with Gasteiger partial charge in [-0.15, -0.1) is 11.6 Å². The molecule has 3 saturated carbocycles. The van der Waals surface area contributed by atoms with Crippen molar-refractivity contribution >= 4 is 24.7 Å². The molecule has 3 aliphatic carbocycles. The first-order valence-electron chi connectivity index (χ1n) is 9.55. The van der Waals surface area contributed by atoms with E-state index in [9.17, 15) is 9.90 Å². The quantitative estimate of drug-likeness (QED) is 0.610. The molecule has 146 valence electrons. The summed E-state index contributed by atoms with van der Waals surface area (Å²) in [6.45, 7) is 6.81. The van der Waals surface area contributed by atoms with E-state index in [1.807, 2.05) is 6.07 Å². The summed E-state index contributed by atoms with van der Waals surface area (Å²) in [5, 5.41) is 8.94. The lowest BCUT2D eigenvalue weighted by molar-refractivity contribution is -0.199. The third kappa shape index (κ3) is 2.79. The lowest BCUT2D eigenvalue weighted by atomic mass is 9.43. The molecule has 27 heavy (non-hydrogen) atoms. The molecule has 5 nitrogen and oxygen atoms in total. The molecule has 1 saturated heterocycles. The van der Waals surface area contributed by atoms with Crippen LogP contribution in [0.5, 0.6) is 5.75 Å². The van der Waals surface area contributed by atoms with Crippen molar-refractivity contribution in [2.45, 2.75) is 57.0 Å². The Morgan fingerprint density at radius 3 is 2.78 bits per heavy atom. The highest BCUT2D eigenvalue weighted by Gasteiger charge is 2.68. The van der Waals surface area contributed by atoms with Gasteiger partial charge in [0.05, 0.1) is 24.1 Å². The molecule has 1 aromatic carbocycles. The first kappa shape index (κ1) is 19.1. The van der Waals surface area contributed by atoms with Gasteiger partial charge in [0.15, 0.2) is 0 Å². The fourth-order valence-electron chi connectivity index (χ4n) is 5.51. The molecular weight excluding hydrogens is 366 g/mol. The zero-order valence-electron chi connectivity index (χ0n) is 16.2. The third-order valence-electron chi connectivity index (χ3n) is 7.21. The van der Waals surface area contributed by atoms with Gasteiger partial charge in [0.1, 0.15) is 11.3 Å². The fraction of sp³-hybridized carbons (Fsp3) is 0.650. The summed E-state index contributed by atoms with van der Waals surface area (Å²) in [6, 6.07) is 5.07. The number of methoxy groups -OCH3 is 1. The summed E-state index contributed by atoms with van der Waals surface area (Å²) in [5.41, 5.74) is 0.859. The van der Waals surface area contributed by atoms with Crippen molar-refractivity contribution in [1.29, 1.82) is 0 Å². The molecule has 1 heterocycles. The summed E-state index contributed by atoms with van der Waals surface area (Å²) in [5.74, 6) is 0.492. The zero-order valence-corrected chi connectivity index (χ0v) is 17.0. The maximum absolute atomic E-state index is 11.4. The van der Waals surface area contributed by atoms with Gasteiger partial charge in [-0.3, -0.25) is 0 Å². The van der Waals surface area contributed by atoms with Crippen LogP contribution >= 0.6 is 11.6 Å². The first-order chi connectivity index (χ1) is 12.7. The Labute approximate surface area is 165 Å². The molecule has 1 N–H and O–H groups in total. The van der Waals surface area contributed by atoms with Crippen molar-refractivity contribution in [3.63, 3.8) is 0 Å². The monoisotopic (exact) mass is 392 g/mol. The molecule has 1 unspecified atom stereocenters. The number of carbonyl (C=O) groups is 1. The average molecular weight is 393 g/mol. The van der Waals surface area contributed by atoms with E-state index in [4.69, 9.17) is 25.6 Å². The van der Waals surface area contributed by atoms with E-state index in [0.717, 1.165) is 12.0 Å². The second-order valence-electron chi connectivity index (χ2n) is 8.86. The highest BCUT2D eigenvalue weighted by Crippen LogP contribution is 2.65. The third-order valence-corrected chi connectivity index (χ3v) is 7.57. The largest absolute Gasteiger partial charge is 0.496 e. The predicted octanol–water partition coefficient (Wildman–Crippen LogP) is 3.81. The van der Waals surface area contributed by atoms with E-state index in [1.165, 1.54) is 19.6 Å². The molecule has 0 aromatic heterocycles. The van der Waals surface area contributed by atoms with Crippen LogP contribution in [0.3, 0.4) is 0 Å². The van der Waals surface area contributed by atoms with Crippen LogP contribution in [0, 0.1) is 17.3 Å². The molecule has 5 atom stereocenters. The Hall–Kier alpha value is -1.24. The molecule has 4 fully saturated rings. The first-order valence-corrected chi connectivity index (χ1v) is 9.98. The van der Waals surface area contributed by atoms with Gasteiger partial charge in [0, 0.05) is 0 Å². The molecule has 0 radical (unpaired) electrons. The van der Waals surface area contributed by atoms with Crippen molar-refractivity contribution < 1.29 is 23.9 Å². The van der Waals surface area contributed by atoms with Crippen LogP contribution < -0.4 is 4.74 Å². The number of halogens is 1. The SMILES string of the molecule is COc1c(C[C@@H](Cl)B2OC3C[C@@H]4C[C@@H](C4(C)C)[C@]3(C)O2)cccc1C(=O)O. The number of hydrogen-bond donors (Lipinski definition) is 1. The Bertz CT molecular complexity index is 769. The Morgan fingerprint density at radius 1 is 1.41 bits per heavy atom. The van der Waals surface area contributed by atoms with Gasteiger partial charge in [0.2, 0.25) is 0 Å². The lowest BCUT2D eigenvalue weighted by Gasteiger charge is -2.64. The van der Waals surface area contributed by atoms with Gasteiger partial charge in [0.25, 0.3) is 0 Å². The smallest absolute Gasteiger partial charge is 0.477 e. The average Bonchev–Trinajstić information content (AvgIpc) is 2.98. The Balaban J connectivity index is 1.52. The van der Waals surface area contributed by atoms with Gasteiger partial charge in [-0.05, 0) is 55.1 Å². The highest BCUT2D eigenvalue weighted by atomic mass is 35.5. The molecule has 5 rings (SSSR count). The number of para-hydroxylation sites is 1. The maximum atomic E-state index is 11.4.